The molecule has 7 heteroatoms. The quantitative estimate of drug-likeness (QED) is 0.878. The third kappa shape index (κ3) is 3.69. The van der Waals surface area contributed by atoms with E-state index in [4.69, 9.17) is 5.26 Å². The van der Waals surface area contributed by atoms with Crippen LogP contribution in [-0.4, -0.2) is 4.98 Å². The molecule has 108 valence electrons. The minimum absolute atomic E-state index is 0.00594. The van der Waals surface area contributed by atoms with Gasteiger partial charge in [0.2, 0.25) is 0 Å². The first-order valence-corrected chi connectivity index (χ1v) is 5.87. The van der Waals surface area contributed by atoms with E-state index in [1.54, 1.807) is 6.07 Å². The topological polar surface area (TPSA) is 48.7 Å². The van der Waals surface area contributed by atoms with E-state index in [0.717, 1.165) is 12.1 Å². The Kier molecular flexibility index (Phi) is 4.08. The molecule has 21 heavy (non-hydrogen) atoms. The van der Waals surface area contributed by atoms with Crippen LogP contribution in [-0.2, 0) is 12.7 Å². The molecule has 0 fully saturated rings. The van der Waals surface area contributed by atoms with Gasteiger partial charge in [-0.3, -0.25) is 0 Å². The summed E-state index contributed by atoms with van der Waals surface area (Å²) in [5.74, 6) is -0.609. The SMILES string of the molecule is N#Cc1ccc(CNc2cccc(C(F)(F)F)n2)c(F)c1. The van der Waals surface area contributed by atoms with Crippen LogP contribution in [0.3, 0.4) is 0 Å². The number of nitriles is 1. The van der Waals surface area contributed by atoms with Crippen molar-refractivity contribution in [1.82, 2.24) is 4.98 Å². The highest BCUT2D eigenvalue weighted by Crippen LogP contribution is 2.28. The van der Waals surface area contributed by atoms with Gasteiger partial charge >= 0.3 is 6.18 Å². The zero-order valence-corrected chi connectivity index (χ0v) is 10.6. The lowest BCUT2D eigenvalue weighted by Crippen LogP contribution is -2.10. The number of hydrogen-bond acceptors (Lipinski definition) is 3. The van der Waals surface area contributed by atoms with Gasteiger partial charge in [0, 0.05) is 12.1 Å². The molecule has 0 saturated heterocycles. The van der Waals surface area contributed by atoms with Gasteiger partial charge in [-0.05, 0) is 24.3 Å². The fourth-order valence-electron chi connectivity index (χ4n) is 1.64. The van der Waals surface area contributed by atoms with Crippen molar-refractivity contribution >= 4 is 5.82 Å². The van der Waals surface area contributed by atoms with Crippen LogP contribution in [0, 0.1) is 17.1 Å². The minimum atomic E-state index is -4.53. The highest BCUT2D eigenvalue weighted by Gasteiger charge is 2.32. The molecule has 0 atom stereocenters. The standard InChI is InChI=1S/C14H9F4N3/c15-11-6-9(7-19)4-5-10(11)8-20-13-3-1-2-12(21-13)14(16,17)18/h1-6H,8H2,(H,20,21). The summed E-state index contributed by atoms with van der Waals surface area (Å²) in [5.41, 5.74) is -0.616. The number of pyridine rings is 1. The van der Waals surface area contributed by atoms with Crippen molar-refractivity contribution in [3.05, 3.63) is 59.0 Å². The summed E-state index contributed by atoms with van der Waals surface area (Å²) in [5, 5.41) is 11.2. The van der Waals surface area contributed by atoms with Gasteiger partial charge in [0.25, 0.3) is 0 Å². The lowest BCUT2D eigenvalue weighted by Gasteiger charge is -2.10. The second kappa shape index (κ2) is 5.79. The Morgan fingerprint density at radius 3 is 2.57 bits per heavy atom. The summed E-state index contributed by atoms with van der Waals surface area (Å²) in [6, 6.07) is 9.12. The summed E-state index contributed by atoms with van der Waals surface area (Å²) < 4.78 is 51.1. The molecule has 0 bridgehead atoms. The fraction of sp³-hybridized carbons (Fsp3) is 0.143. The van der Waals surface area contributed by atoms with E-state index in [0.29, 0.717) is 0 Å². The van der Waals surface area contributed by atoms with Crippen molar-refractivity contribution in [3.63, 3.8) is 0 Å². The van der Waals surface area contributed by atoms with Crippen molar-refractivity contribution in [2.75, 3.05) is 5.32 Å². The first-order valence-electron chi connectivity index (χ1n) is 5.87. The van der Waals surface area contributed by atoms with Gasteiger partial charge in [-0.2, -0.15) is 18.4 Å². The van der Waals surface area contributed by atoms with Gasteiger partial charge in [-0.25, -0.2) is 9.37 Å². The third-order valence-corrected chi connectivity index (χ3v) is 2.68. The Labute approximate surface area is 117 Å². The smallest absolute Gasteiger partial charge is 0.366 e. The van der Waals surface area contributed by atoms with Crippen LogP contribution < -0.4 is 5.32 Å². The van der Waals surface area contributed by atoms with Crippen LogP contribution in [0.4, 0.5) is 23.4 Å². The first kappa shape index (κ1) is 14.8. The van der Waals surface area contributed by atoms with E-state index < -0.39 is 17.7 Å². The molecule has 0 aliphatic rings. The molecule has 0 amide bonds. The maximum atomic E-state index is 13.6. The largest absolute Gasteiger partial charge is 0.433 e. The average Bonchev–Trinajstić information content (AvgIpc) is 2.45. The van der Waals surface area contributed by atoms with Gasteiger partial charge in [-0.15, -0.1) is 0 Å². The van der Waals surface area contributed by atoms with E-state index in [1.807, 2.05) is 0 Å². The van der Waals surface area contributed by atoms with Crippen molar-refractivity contribution in [3.8, 4) is 6.07 Å². The molecule has 2 rings (SSSR count). The number of nitrogens with one attached hydrogen (secondary N) is 1. The molecule has 1 aromatic carbocycles. The number of nitrogens with zero attached hydrogens (tertiary/aromatic N) is 2. The predicted octanol–water partition coefficient (Wildman–Crippen LogP) is 3.72. The van der Waals surface area contributed by atoms with E-state index >= 15 is 0 Å². The summed E-state index contributed by atoms with van der Waals surface area (Å²) in [6.45, 7) is -0.0359. The maximum absolute atomic E-state index is 13.6. The molecule has 1 aromatic heterocycles. The van der Waals surface area contributed by atoms with Crippen LogP contribution in [0.1, 0.15) is 16.8 Å². The van der Waals surface area contributed by atoms with Gasteiger partial charge in [-0.1, -0.05) is 12.1 Å². The molecule has 1 heterocycles. The summed E-state index contributed by atoms with van der Waals surface area (Å²) in [4.78, 5) is 3.41. The number of aromatic nitrogens is 1. The molecule has 0 aliphatic heterocycles. The van der Waals surface area contributed by atoms with Crippen molar-refractivity contribution in [1.29, 1.82) is 5.26 Å². The van der Waals surface area contributed by atoms with Crippen molar-refractivity contribution < 1.29 is 17.6 Å². The normalized spacial score (nSPS) is 11.0. The molecule has 0 saturated carbocycles. The van der Waals surface area contributed by atoms with Crippen LogP contribution in [0.5, 0.6) is 0 Å². The molecule has 2 aromatic rings. The predicted molar refractivity (Wildman–Crippen MR) is 67.7 cm³/mol. The molecule has 1 N–H and O–H groups in total. The molecule has 3 nitrogen and oxygen atoms in total. The number of alkyl halides is 3. The first-order chi connectivity index (χ1) is 9.90. The third-order valence-electron chi connectivity index (χ3n) is 2.68. The molecular formula is C14H9F4N3. The van der Waals surface area contributed by atoms with Crippen LogP contribution >= 0.6 is 0 Å². The number of hydrogen-bond donors (Lipinski definition) is 1. The Morgan fingerprint density at radius 2 is 1.95 bits per heavy atom. The number of halogens is 4. The number of anilines is 1. The monoisotopic (exact) mass is 295 g/mol. The Morgan fingerprint density at radius 1 is 1.19 bits per heavy atom. The van der Waals surface area contributed by atoms with Crippen molar-refractivity contribution in [2.45, 2.75) is 12.7 Å². The fourth-order valence-corrected chi connectivity index (χ4v) is 1.64. The molecular weight excluding hydrogens is 286 g/mol. The van der Waals surface area contributed by atoms with Gasteiger partial charge in [0.05, 0.1) is 11.6 Å². The van der Waals surface area contributed by atoms with Crippen LogP contribution in [0.15, 0.2) is 36.4 Å². The zero-order valence-electron chi connectivity index (χ0n) is 10.6. The van der Waals surface area contributed by atoms with Gasteiger partial charge in [0.1, 0.15) is 17.3 Å². The summed E-state index contributed by atoms with van der Waals surface area (Å²) in [7, 11) is 0. The molecule has 0 radical (unpaired) electrons. The zero-order chi connectivity index (χ0) is 15.5. The Hall–Kier alpha value is -2.62. The van der Waals surface area contributed by atoms with Crippen molar-refractivity contribution in [2.24, 2.45) is 0 Å². The lowest BCUT2D eigenvalue weighted by molar-refractivity contribution is -0.141. The van der Waals surface area contributed by atoms with E-state index in [9.17, 15) is 17.6 Å². The summed E-state index contributed by atoms with van der Waals surface area (Å²) >= 11 is 0. The minimum Gasteiger partial charge on any atom is -0.366 e. The molecule has 0 aliphatic carbocycles. The highest BCUT2D eigenvalue weighted by molar-refractivity contribution is 5.39. The van der Waals surface area contributed by atoms with Crippen LogP contribution in [0.25, 0.3) is 0 Å². The average molecular weight is 295 g/mol. The van der Waals surface area contributed by atoms with Crippen LogP contribution in [0.2, 0.25) is 0 Å². The highest BCUT2D eigenvalue weighted by atomic mass is 19.4. The van der Waals surface area contributed by atoms with E-state index in [-0.39, 0.29) is 23.5 Å². The summed E-state index contributed by atoms with van der Waals surface area (Å²) in [6.07, 6.45) is -4.53. The number of rotatable bonds is 3. The maximum Gasteiger partial charge on any atom is 0.433 e. The van der Waals surface area contributed by atoms with Gasteiger partial charge < -0.3 is 5.32 Å². The van der Waals surface area contributed by atoms with Gasteiger partial charge in [0.15, 0.2) is 0 Å². The Bertz CT molecular complexity index is 689. The second-order valence-electron chi connectivity index (χ2n) is 4.18. The van der Waals surface area contributed by atoms with E-state index in [2.05, 4.69) is 10.3 Å². The van der Waals surface area contributed by atoms with E-state index in [1.165, 1.54) is 24.3 Å². The lowest BCUT2D eigenvalue weighted by atomic mass is 10.1. The molecule has 0 spiro atoms. The second-order valence-corrected chi connectivity index (χ2v) is 4.18. The Balaban J connectivity index is 2.12. The molecule has 0 unspecified atom stereocenters. The number of benzene rings is 1.